The number of hydrogen-bond acceptors (Lipinski definition) is 4. The van der Waals surface area contributed by atoms with Crippen molar-refractivity contribution in [3.05, 3.63) is 89.7 Å². The molecule has 2 heterocycles. The van der Waals surface area contributed by atoms with E-state index < -0.39 is 0 Å². The molecule has 6 heteroatoms. The van der Waals surface area contributed by atoms with Gasteiger partial charge in [0.1, 0.15) is 0 Å². The Labute approximate surface area is 155 Å². The summed E-state index contributed by atoms with van der Waals surface area (Å²) in [6, 6.07) is 17.7. The maximum absolute atomic E-state index is 12.6. The molecule has 2 aromatic carbocycles. The van der Waals surface area contributed by atoms with Gasteiger partial charge in [-0.15, -0.1) is 11.3 Å². The predicted octanol–water partition coefficient (Wildman–Crippen LogP) is 4.31. The van der Waals surface area contributed by atoms with Gasteiger partial charge in [-0.05, 0) is 28.8 Å². The fourth-order valence-electron chi connectivity index (χ4n) is 2.75. The number of nitrogens with zero attached hydrogens (tertiary/aromatic N) is 3. The van der Waals surface area contributed by atoms with Crippen LogP contribution < -0.4 is 5.32 Å². The van der Waals surface area contributed by atoms with E-state index in [2.05, 4.69) is 27.5 Å². The molecule has 0 radical (unpaired) electrons. The van der Waals surface area contributed by atoms with Crippen molar-refractivity contribution in [2.75, 3.05) is 5.32 Å². The van der Waals surface area contributed by atoms with E-state index in [0.717, 1.165) is 23.2 Å². The largest absolute Gasteiger partial charge is 0.298 e. The maximum Gasteiger partial charge on any atom is 0.258 e. The first-order valence-electron chi connectivity index (χ1n) is 8.16. The predicted molar refractivity (Wildman–Crippen MR) is 103 cm³/mol. The third-order valence-corrected chi connectivity index (χ3v) is 4.68. The summed E-state index contributed by atoms with van der Waals surface area (Å²) in [4.78, 5) is 16.7. The molecule has 0 spiro atoms. The van der Waals surface area contributed by atoms with Crippen molar-refractivity contribution in [3.63, 3.8) is 0 Å². The molecule has 4 rings (SSSR count). The highest BCUT2D eigenvalue weighted by atomic mass is 32.1. The lowest BCUT2D eigenvalue weighted by molar-refractivity contribution is 0.102. The highest BCUT2D eigenvalue weighted by molar-refractivity contribution is 7.13. The molecule has 0 aliphatic carbocycles. The molecule has 0 aliphatic heterocycles. The van der Waals surface area contributed by atoms with E-state index in [-0.39, 0.29) is 5.91 Å². The topological polar surface area (TPSA) is 59.8 Å². The van der Waals surface area contributed by atoms with Crippen LogP contribution in [0.3, 0.4) is 0 Å². The zero-order valence-electron chi connectivity index (χ0n) is 13.9. The fraction of sp³-hybridized carbons (Fsp3) is 0.0500. The van der Waals surface area contributed by atoms with Crippen LogP contribution in [0.15, 0.2) is 78.6 Å². The number of carbonyl (C=O) groups is 1. The normalized spacial score (nSPS) is 10.6. The minimum atomic E-state index is -0.156. The van der Waals surface area contributed by atoms with Crippen LogP contribution in [0, 0.1) is 0 Å². The summed E-state index contributed by atoms with van der Waals surface area (Å²) in [5.74, 6) is -0.156. The number of amides is 1. The molecule has 128 valence electrons. The van der Waals surface area contributed by atoms with Gasteiger partial charge in [-0.2, -0.15) is 5.10 Å². The van der Waals surface area contributed by atoms with Crippen LogP contribution >= 0.6 is 11.3 Å². The lowest BCUT2D eigenvalue weighted by atomic mass is 9.98. The number of thiazole rings is 1. The minimum Gasteiger partial charge on any atom is -0.298 e. The Morgan fingerprint density at radius 1 is 1.04 bits per heavy atom. The molecule has 4 aromatic rings. The van der Waals surface area contributed by atoms with Crippen LogP contribution in [0.5, 0.6) is 0 Å². The zero-order valence-corrected chi connectivity index (χ0v) is 14.7. The number of carbonyl (C=O) groups excluding carboxylic acids is 1. The Kier molecular flexibility index (Phi) is 4.57. The molecule has 5 nitrogen and oxygen atoms in total. The number of nitrogens with one attached hydrogen (secondary N) is 1. The van der Waals surface area contributed by atoms with E-state index >= 15 is 0 Å². The molecule has 0 fully saturated rings. The molecule has 2 aromatic heterocycles. The zero-order chi connectivity index (χ0) is 17.8. The van der Waals surface area contributed by atoms with E-state index in [4.69, 9.17) is 0 Å². The van der Waals surface area contributed by atoms with Crippen molar-refractivity contribution in [2.45, 2.75) is 6.54 Å². The Morgan fingerprint density at radius 2 is 1.88 bits per heavy atom. The Morgan fingerprint density at radius 3 is 2.62 bits per heavy atom. The van der Waals surface area contributed by atoms with Crippen LogP contribution in [0.2, 0.25) is 0 Å². The highest BCUT2D eigenvalue weighted by Gasteiger charge is 2.13. The van der Waals surface area contributed by atoms with Crippen LogP contribution in [0.4, 0.5) is 5.13 Å². The van der Waals surface area contributed by atoms with Crippen LogP contribution in [0.1, 0.15) is 15.9 Å². The second-order valence-electron chi connectivity index (χ2n) is 5.74. The molecule has 0 aliphatic rings. The molecule has 1 N–H and O–H groups in total. The number of anilines is 1. The average Bonchev–Trinajstić information content (AvgIpc) is 3.37. The van der Waals surface area contributed by atoms with Crippen molar-refractivity contribution in [1.82, 2.24) is 14.8 Å². The Bertz CT molecular complexity index is 993. The van der Waals surface area contributed by atoms with Crippen LogP contribution in [-0.2, 0) is 6.54 Å². The van der Waals surface area contributed by atoms with E-state index in [1.807, 2.05) is 58.7 Å². The van der Waals surface area contributed by atoms with Crippen molar-refractivity contribution < 1.29 is 4.79 Å². The van der Waals surface area contributed by atoms with E-state index in [0.29, 0.717) is 10.7 Å². The lowest BCUT2D eigenvalue weighted by Gasteiger charge is -2.10. The van der Waals surface area contributed by atoms with Crippen molar-refractivity contribution in [1.29, 1.82) is 0 Å². The molecule has 0 atom stereocenters. The quantitative estimate of drug-likeness (QED) is 0.577. The van der Waals surface area contributed by atoms with Gasteiger partial charge in [0.25, 0.3) is 5.91 Å². The highest BCUT2D eigenvalue weighted by Crippen LogP contribution is 2.25. The first-order chi connectivity index (χ1) is 12.8. The SMILES string of the molecule is O=C(Nc1nccs1)c1ccccc1-c1ccc(Cn2cccn2)cc1. The Hall–Kier alpha value is -3.25. The summed E-state index contributed by atoms with van der Waals surface area (Å²) in [6.07, 6.45) is 5.38. The van der Waals surface area contributed by atoms with Gasteiger partial charge >= 0.3 is 0 Å². The smallest absolute Gasteiger partial charge is 0.258 e. The number of aromatic nitrogens is 3. The lowest BCUT2D eigenvalue weighted by Crippen LogP contribution is -2.12. The van der Waals surface area contributed by atoms with E-state index in [1.54, 1.807) is 12.4 Å². The number of benzene rings is 2. The molecular formula is C20H16N4OS. The third kappa shape index (κ3) is 3.55. The summed E-state index contributed by atoms with van der Waals surface area (Å²) in [5, 5.41) is 9.50. The Balaban J connectivity index is 1.58. The monoisotopic (exact) mass is 360 g/mol. The summed E-state index contributed by atoms with van der Waals surface area (Å²) in [6.45, 7) is 0.722. The number of hydrogen-bond donors (Lipinski definition) is 1. The maximum atomic E-state index is 12.6. The first kappa shape index (κ1) is 16.2. The van der Waals surface area contributed by atoms with Gasteiger partial charge in [0, 0.05) is 29.5 Å². The summed E-state index contributed by atoms with van der Waals surface area (Å²) >= 11 is 1.40. The molecule has 0 saturated carbocycles. The minimum absolute atomic E-state index is 0.156. The van der Waals surface area contributed by atoms with Gasteiger partial charge in [-0.25, -0.2) is 4.98 Å². The molecule has 1 amide bonds. The third-order valence-electron chi connectivity index (χ3n) is 3.99. The standard InChI is InChI=1S/C20H16N4OS/c25-19(23-20-21-11-13-26-20)18-5-2-1-4-17(18)16-8-6-15(7-9-16)14-24-12-3-10-22-24/h1-13H,14H2,(H,21,23,25). The van der Waals surface area contributed by atoms with E-state index in [9.17, 15) is 4.79 Å². The van der Waals surface area contributed by atoms with Gasteiger partial charge < -0.3 is 0 Å². The van der Waals surface area contributed by atoms with Gasteiger partial charge in [-0.3, -0.25) is 14.8 Å². The van der Waals surface area contributed by atoms with Crippen molar-refractivity contribution >= 4 is 22.4 Å². The average molecular weight is 360 g/mol. The van der Waals surface area contributed by atoms with Gasteiger partial charge in [-0.1, -0.05) is 42.5 Å². The molecule has 0 saturated heterocycles. The molecule has 26 heavy (non-hydrogen) atoms. The van der Waals surface area contributed by atoms with Crippen LogP contribution in [0.25, 0.3) is 11.1 Å². The van der Waals surface area contributed by atoms with Crippen LogP contribution in [-0.4, -0.2) is 20.7 Å². The summed E-state index contributed by atoms with van der Waals surface area (Å²) in [7, 11) is 0. The van der Waals surface area contributed by atoms with Gasteiger partial charge in [0.15, 0.2) is 5.13 Å². The van der Waals surface area contributed by atoms with Crippen molar-refractivity contribution in [2.24, 2.45) is 0 Å². The van der Waals surface area contributed by atoms with Gasteiger partial charge in [0.05, 0.1) is 6.54 Å². The summed E-state index contributed by atoms with van der Waals surface area (Å²) in [5.41, 5.74) is 3.68. The molecule has 0 bridgehead atoms. The number of rotatable bonds is 5. The van der Waals surface area contributed by atoms with Crippen molar-refractivity contribution in [3.8, 4) is 11.1 Å². The first-order valence-corrected chi connectivity index (χ1v) is 9.04. The molecule has 0 unspecified atom stereocenters. The van der Waals surface area contributed by atoms with Gasteiger partial charge in [0.2, 0.25) is 0 Å². The second-order valence-corrected chi connectivity index (χ2v) is 6.63. The fourth-order valence-corrected chi connectivity index (χ4v) is 3.28. The molecular weight excluding hydrogens is 344 g/mol. The summed E-state index contributed by atoms with van der Waals surface area (Å²) < 4.78 is 1.88. The van der Waals surface area contributed by atoms with E-state index in [1.165, 1.54) is 11.3 Å². The second kappa shape index (κ2) is 7.33.